The average molecular weight is 429 g/mol. The molecule has 4 rings (SSSR count). The monoisotopic (exact) mass is 428 g/mol. The van der Waals surface area contributed by atoms with Crippen molar-refractivity contribution in [2.75, 3.05) is 0 Å². The Kier molecular flexibility index (Phi) is 5.31. The largest absolute Gasteiger partial charge is 0.457 e. The number of rotatable bonds is 3. The first-order valence-electron chi connectivity index (χ1n) is 8.40. The molecule has 1 fully saturated rings. The van der Waals surface area contributed by atoms with Crippen LogP contribution in [0.3, 0.4) is 0 Å². The number of benzene rings is 2. The van der Waals surface area contributed by atoms with E-state index in [1.165, 1.54) is 11.8 Å². The number of nitrogens with zero attached hydrogens (tertiary/aromatic N) is 1. The van der Waals surface area contributed by atoms with Gasteiger partial charge in [-0.3, -0.25) is 4.79 Å². The van der Waals surface area contributed by atoms with Crippen LogP contribution in [0, 0.1) is 6.92 Å². The van der Waals surface area contributed by atoms with Gasteiger partial charge in [-0.1, -0.05) is 47.0 Å². The number of amides is 1. The first-order valence-corrected chi connectivity index (χ1v) is 9.97. The van der Waals surface area contributed by atoms with Gasteiger partial charge in [0.15, 0.2) is 5.17 Å². The van der Waals surface area contributed by atoms with E-state index >= 15 is 0 Å². The Morgan fingerprint density at radius 3 is 2.46 bits per heavy atom. The van der Waals surface area contributed by atoms with Crippen molar-refractivity contribution in [3.05, 3.63) is 80.9 Å². The summed E-state index contributed by atoms with van der Waals surface area (Å²) in [6.45, 7) is 2.01. The lowest BCUT2D eigenvalue weighted by Gasteiger charge is -2.02. The van der Waals surface area contributed by atoms with Gasteiger partial charge < -0.3 is 9.73 Å². The summed E-state index contributed by atoms with van der Waals surface area (Å²) in [5, 5.41) is 4.30. The predicted molar refractivity (Wildman–Crippen MR) is 116 cm³/mol. The third kappa shape index (κ3) is 4.02. The summed E-state index contributed by atoms with van der Waals surface area (Å²) in [4.78, 5) is 17.2. The third-order valence-electron chi connectivity index (χ3n) is 4.02. The van der Waals surface area contributed by atoms with E-state index in [1.54, 1.807) is 36.4 Å². The second kappa shape index (κ2) is 7.87. The molecule has 1 aromatic heterocycles. The van der Waals surface area contributed by atoms with Gasteiger partial charge in [0.1, 0.15) is 11.5 Å². The minimum Gasteiger partial charge on any atom is -0.457 e. The first-order chi connectivity index (χ1) is 13.5. The molecular formula is C21H14Cl2N2O2S. The summed E-state index contributed by atoms with van der Waals surface area (Å²) in [5.74, 6) is 0.851. The molecule has 0 bridgehead atoms. The maximum absolute atomic E-state index is 12.3. The molecule has 0 saturated carbocycles. The molecule has 28 heavy (non-hydrogen) atoms. The fraction of sp³-hybridized carbons (Fsp3) is 0.0476. The van der Waals surface area contributed by atoms with Gasteiger partial charge in [-0.15, -0.1) is 0 Å². The number of hydrogen-bond acceptors (Lipinski definition) is 4. The van der Waals surface area contributed by atoms with Crippen molar-refractivity contribution in [3.8, 4) is 11.3 Å². The van der Waals surface area contributed by atoms with Crippen LogP contribution in [-0.2, 0) is 4.79 Å². The van der Waals surface area contributed by atoms with Crippen LogP contribution in [0.15, 0.2) is 68.9 Å². The second-order valence-electron chi connectivity index (χ2n) is 6.12. The van der Waals surface area contributed by atoms with Gasteiger partial charge in [-0.05, 0) is 55.1 Å². The van der Waals surface area contributed by atoms with Crippen molar-refractivity contribution in [1.82, 2.24) is 5.32 Å². The Morgan fingerprint density at radius 2 is 1.75 bits per heavy atom. The molecule has 7 heteroatoms. The highest BCUT2D eigenvalue weighted by Crippen LogP contribution is 2.36. The zero-order valence-corrected chi connectivity index (χ0v) is 17.0. The van der Waals surface area contributed by atoms with Crippen molar-refractivity contribution < 1.29 is 9.21 Å². The van der Waals surface area contributed by atoms with Gasteiger partial charge >= 0.3 is 0 Å². The van der Waals surface area contributed by atoms with Gasteiger partial charge in [0.05, 0.1) is 26.2 Å². The SMILES string of the molecule is Cc1ccc(N=C2NC(=O)C(=Cc3ccc(-c4c(Cl)cccc4Cl)o3)S2)cc1. The number of carbonyl (C=O) groups is 1. The Labute approximate surface area is 176 Å². The van der Waals surface area contributed by atoms with Crippen molar-refractivity contribution in [3.63, 3.8) is 0 Å². The first kappa shape index (κ1) is 18.9. The predicted octanol–water partition coefficient (Wildman–Crippen LogP) is 6.45. The highest BCUT2D eigenvalue weighted by Gasteiger charge is 2.24. The molecule has 1 amide bonds. The van der Waals surface area contributed by atoms with Gasteiger partial charge in [-0.25, -0.2) is 4.99 Å². The minimum atomic E-state index is -0.218. The van der Waals surface area contributed by atoms with Crippen LogP contribution in [-0.4, -0.2) is 11.1 Å². The quantitative estimate of drug-likeness (QED) is 0.487. The lowest BCUT2D eigenvalue weighted by molar-refractivity contribution is -0.115. The van der Waals surface area contributed by atoms with Crippen LogP contribution in [0.4, 0.5) is 5.69 Å². The Hall–Kier alpha value is -2.47. The second-order valence-corrected chi connectivity index (χ2v) is 7.96. The van der Waals surface area contributed by atoms with Crippen LogP contribution in [0.5, 0.6) is 0 Å². The number of thioether (sulfide) groups is 1. The molecule has 3 aromatic rings. The number of amidine groups is 1. The van der Waals surface area contributed by atoms with Gasteiger partial charge in [-0.2, -0.15) is 0 Å². The number of hydrogen-bond donors (Lipinski definition) is 1. The summed E-state index contributed by atoms with van der Waals surface area (Å²) in [6.07, 6.45) is 1.67. The molecule has 1 aliphatic rings. The molecule has 1 N–H and O–H groups in total. The number of aryl methyl sites for hydroxylation is 1. The maximum Gasteiger partial charge on any atom is 0.264 e. The number of nitrogens with one attached hydrogen (secondary N) is 1. The molecule has 4 nitrogen and oxygen atoms in total. The van der Waals surface area contributed by atoms with Gasteiger partial charge in [0.25, 0.3) is 5.91 Å². The summed E-state index contributed by atoms with van der Waals surface area (Å²) in [6, 6.07) is 16.6. The van der Waals surface area contributed by atoms with Crippen molar-refractivity contribution >= 4 is 57.8 Å². The van der Waals surface area contributed by atoms with Crippen LogP contribution < -0.4 is 5.32 Å². The fourth-order valence-corrected chi connectivity index (χ4v) is 4.05. The summed E-state index contributed by atoms with van der Waals surface area (Å²) in [7, 11) is 0. The van der Waals surface area contributed by atoms with E-state index in [9.17, 15) is 4.79 Å². The summed E-state index contributed by atoms with van der Waals surface area (Å²) < 4.78 is 5.83. The molecule has 0 aliphatic carbocycles. The molecule has 140 valence electrons. The lowest BCUT2D eigenvalue weighted by Crippen LogP contribution is -2.19. The van der Waals surface area contributed by atoms with Crippen LogP contribution in [0.2, 0.25) is 10.0 Å². The topological polar surface area (TPSA) is 54.6 Å². The Balaban J connectivity index is 1.57. The molecule has 1 aliphatic heterocycles. The fourth-order valence-electron chi connectivity index (χ4n) is 2.64. The van der Waals surface area contributed by atoms with E-state index in [2.05, 4.69) is 10.3 Å². The summed E-state index contributed by atoms with van der Waals surface area (Å²) >= 11 is 13.7. The number of halogens is 2. The van der Waals surface area contributed by atoms with Crippen molar-refractivity contribution in [2.24, 2.45) is 4.99 Å². The molecule has 0 atom stereocenters. The molecular weight excluding hydrogens is 415 g/mol. The summed E-state index contributed by atoms with van der Waals surface area (Å²) in [5.41, 5.74) is 2.56. The van der Waals surface area contributed by atoms with Crippen LogP contribution in [0.1, 0.15) is 11.3 Å². The lowest BCUT2D eigenvalue weighted by atomic mass is 10.2. The highest BCUT2D eigenvalue weighted by atomic mass is 35.5. The zero-order chi connectivity index (χ0) is 19.7. The Bertz CT molecular complexity index is 1100. The molecule has 2 heterocycles. The smallest absolute Gasteiger partial charge is 0.264 e. The van der Waals surface area contributed by atoms with Crippen LogP contribution >= 0.6 is 35.0 Å². The van der Waals surface area contributed by atoms with E-state index in [0.29, 0.717) is 37.2 Å². The van der Waals surface area contributed by atoms with Gasteiger partial charge in [0, 0.05) is 6.08 Å². The molecule has 2 aromatic carbocycles. The zero-order valence-electron chi connectivity index (χ0n) is 14.7. The molecule has 0 unspecified atom stereocenters. The highest BCUT2D eigenvalue weighted by molar-refractivity contribution is 8.18. The molecule has 0 spiro atoms. The van der Waals surface area contributed by atoms with Crippen molar-refractivity contribution in [1.29, 1.82) is 0 Å². The van der Waals surface area contributed by atoms with Crippen molar-refractivity contribution in [2.45, 2.75) is 6.92 Å². The standard InChI is InChI=1S/C21H14Cl2N2O2S/c1-12-5-7-13(8-6-12)24-21-25-20(26)18(28-21)11-14-9-10-17(27-14)19-15(22)3-2-4-16(19)23/h2-11H,1H3,(H,24,25,26). The maximum atomic E-state index is 12.3. The van der Waals surface area contributed by atoms with E-state index in [4.69, 9.17) is 27.6 Å². The van der Waals surface area contributed by atoms with Gasteiger partial charge in [0.2, 0.25) is 0 Å². The van der Waals surface area contributed by atoms with E-state index < -0.39 is 0 Å². The van der Waals surface area contributed by atoms with E-state index in [1.807, 2.05) is 31.2 Å². The number of furan rings is 1. The molecule has 0 radical (unpaired) electrons. The number of carbonyl (C=O) groups excluding carboxylic acids is 1. The van der Waals surface area contributed by atoms with E-state index in [-0.39, 0.29) is 5.91 Å². The third-order valence-corrected chi connectivity index (χ3v) is 5.56. The Morgan fingerprint density at radius 1 is 1.04 bits per heavy atom. The van der Waals surface area contributed by atoms with Crippen LogP contribution in [0.25, 0.3) is 17.4 Å². The average Bonchev–Trinajstić information content (AvgIpc) is 3.24. The minimum absolute atomic E-state index is 0.218. The van der Waals surface area contributed by atoms with E-state index in [0.717, 1.165) is 11.3 Å². The number of aliphatic imine (C=N–C) groups is 1. The normalized spacial score (nSPS) is 16.8. The molecule has 1 saturated heterocycles.